The zero-order valence-electron chi connectivity index (χ0n) is 17.5. The van der Waals surface area contributed by atoms with E-state index in [2.05, 4.69) is 12.1 Å². The third-order valence-electron chi connectivity index (χ3n) is 6.02. The molecule has 1 aliphatic heterocycles. The minimum atomic E-state index is -0.542. The fourth-order valence-electron chi connectivity index (χ4n) is 4.24. The first-order valence-corrected chi connectivity index (χ1v) is 14.0. The molecule has 3 rings (SSSR count). The number of rotatable bonds is 9. The van der Waals surface area contributed by atoms with Crippen LogP contribution >= 0.6 is 23.2 Å². The van der Waals surface area contributed by atoms with E-state index in [1.807, 2.05) is 12.1 Å². The van der Waals surface area contributed by atoms with Crippen LogP contribution in [0.5, 0.6) is 5.75 Å². The molecular weight excluding hydrogens is 435 g/mol. The lowest BCUT2D eigenvalue weighted by atomic mass is 9.93. The molecule has 2 aromatic carbocycles. The second-order valence-corrected chi connectivity index (χ2v) is 12.4. The van der Waals surface area contributed by atoms with Crippen LogP contribution in [0.4, 0.5) is 0 Å². The first-order valence-electron chi connectivity index (χ1n) is 10.8. The molecular formula is C24H30Cl2O3Si. The SMILES string of the molecule is COCCCCC[Si@H]1CC[C@H](c2ccc(OC(=O)c3ccc(Cl)c(Cl)c3)cc2)CC1. The Hall–Kier alpha value is -1.33. The largest absolute Gasteiger partial charge is 0.423 e. The summed E-state index contributed by atoms with van der Waals surface area (Å²) in [5.74, 6) is 0.759. The van der Waals surface area contributed by atoms with Crippen LogP contribution in [0.1, 0.15) is 53.9 Å². The van der Waals surface area contributed by atoms with Gasteiger partial charge in [-0.05, 0) is 61.1 Å². The smallest absolute Gasteiger partial charge is 0.343 e. The third-order valence-corrected chi connectivity index (χ3v) is 10.3. The number of unbranched alkanes of at least 4 members (excludes halogenated alkanes) is 2. The number of methoxy groups -OCH3 is 1. The van der Waals surface area contributed by atoms with Gasteiger partial charge in [0, 0.05) is 22.5 Å². The summed E-state index contributed by atoms with van der Waals surface area (Å²) in [5, 5.41) is 0.761. The first-order chi connectivity index (χ1) is 14.6. The molecule has 0 aromatic heterocycles. The zero-order chi connectivity index (χ0) is 21.3. The van der Waals surface area contributed by atoms with Crippen molar-refractivity contribution in [2.45, 2.75) is 56.2 Å². The Labute approximate surface area is 191 Å². The first kappa shape index (κ1) is 23.3. The maximum atomic E-state index is 12.3. The second kappa shape index (κ2) is 11.9. The molecule has 0 spiro atoms. The van der Waals surface area contributed by atoms with Gasteiger partial charge in [0.05, 0.1) is 15.6 Å². The maximum absolute atomic E-state index is 12.3. The lowest BCUT2D eigenvalue weighted by Gasteiger charge is -2.28. The molecule has 0 atom stereocenters. The molecule has 2 aromatic rings. The van der Waals surface area contributed by atoms with Gasteiger partial charge in [-0.25, -0.2) is 4.79 Å². The van der Waals surface area contributed by atoms with Crippen molar-refractivity contribution >= 4 is 38.0 Å². The zero-order valence-corrected chi connectivity index (χ0v) is 20.2. The summed E-state index contributed by atoms with van der Waals surface area (Å²) in [6.07, 6.45) is 6.49. The topological polar surface area (TPSA) is 35.5 Å². The van der Waals surface area contributed by atoms with Crippen LogP contribution in [-0.2, 0) is 4.74 Å². The Kier molecular flexibility index (Phi) is 9.25. The number of carbonyl (C=O) groups is 1. The minimum absolute atomic E-state index is 0.343. The van der Waals surface area contributed by atoms with E-state index in [0.717, 1.165) is 6.61 Å². The predicted octanol–water partition coefficient (Wildman–Crippen LogP) is 7.13. The summed E-state index contributed by atoms with van der Waals surface area (Å²) in [6, 6.07) is 17.1. The molecule has 30 heavy (non-hydrogen) atoms. The number of hydrogen-bond acceptors (Lipinski definition) is 3. The standard InChI is InChI=1S/C24H30Cl2O3Si/c1-28-13-3-2-4-14-30-15-11-19(12-16-30)18-5-8-21(9-6-18)29-24(27)20-7-10-22(25)23(26)17-20/h5-10,17,19,30H,2-4,11-16H2,1H3/t19-,30-. The number of hydrogen-bond donors (Lipinski definition) is 0. The van der Waals surface area contributed by atoms with Gasteiger partial charge in [-0.2, -0.15) is 0 Å². The number of benzene rings is 2. The van der Waals surface area contributed by atoms with E-state index < -0.39 is 14.8 Å². The highest BCUT2D eigenvalue weighted by Crippen LogP contribution is 2.36. The van der Waals surface area contributed by atoms with Crippen molar-refractivity contribution < 1.29 is 14.3 Å². The van der Waals surface area contributed by atoms with Crippen molar-refractivity contribution in [3.8, 4) is 5.75 Å². The molecule has 0 unspecified atom stereocenters. The summed E-state index contributed by atoms with van der Waals surface area (Å²) in [4.78, 5) is 12.3. The van der Waals surface area contributed by atoms with E-state index in [4.69, 9.17) is 32.7 Å². The molecule has 1 heterocycles. The fraction of sp³-hybridized carbons (Fsp3) is 0.458. The number of halogens is 2. The summed E-state index contributed by atoms with van der Waals surface area (Å²) in [5.41, 5.74) is 1.75. The quantitative estimate of drug-likeness (QED) is 0.171. The molecule has 0 radical (unpaired) electrons. The van der Waals surface area contributed by atoms with Crippen molar-refractivity contribution in [2.75, 3.05) is 13.7 Å². The highest BCUT2D eigenvalue weighted by molar-refractivity contribution is 6.59. The Morgan fingerprint density at radius 2 is 1.73 bits per heavy atom. The molecule has 0 N–H and O–H groups in total. The summed E-state index contributed by atoms with van der Waals surface area (Å²) in [7, 11) is 1.24. The summed E-state index contributed by atoms with van der Waals surface area (Å²) >= 11 is 11.9. The van der Waals surface area contributed by atoms with Gasteiger partial charge in [-0.1, -0.05) is 66.3 Å². The maximum Gasteiger partial charge on any atom is 0.343 e. The normalized spacial score (nSPS) is 18.9. The van der Waals surface area contributed by atoms with Crippen molar-refractivity contribution in [3.05, 3.63) is 63.6 Å². The molecule has 0 amide bonds. The Morgan fingerprint density at radius 3 is 2.40 bits per heavy atom. The van der Waals surface area contributed by atoms with E-state index in [1.54, 1.807) is 19.2 Å². The molecule has 0 aliphatic carbocycles. The van der Waals surface area contributed by atoms with Crippen LogP contribution in [-0.4, -0.2) is 28.5 Å². The summed E-state index contributed by atoms with van der Waals surface area (Å²) in [6.45, 7) is 0.896. The van der Waals surface area contributed by atoms with Crippen LogP contribution in [0.15, 0.2) is 42.5 Å². The number of carbonyl (C=O) groups excluding carboxylic acids is 1. The van der Waals surface area contributed by atoms with Crippen LogP contribution in [0, 0.1) is 0 Å². The van der Waals surface area contributed by atoms with Gasteiger partial charge in [0.25, 0.3) is 0 Å². The van der Waals surface area contributed by atoms with Gasteiger partial charge >= 0.3 is 5.97 Å². The Bertz CT molecular complexity index is 818. The average Bonchev–Trinajstić information content (AvgIpc) is 2.76. The van der Waals surface area contributed by atoms with Crippen LogP contribution in [0.2, 0.25) is 28.2 Å². The molecule has 162 valence electrons. The fourth-order valence-corrected chi connectivity index (χ4v) is 8.02. The molecule has 6 heteroatoms. The predicted molar refractivity (Wildman–Crippen MR) is 127 cm³/mol. The molecule has 1 fully saturated rings. The van der Waals surface area contributed by atoms with Gasteiger partial charge in [0.15, 0.2) is 0 Å². The van der Waals surface area contributed by atoms with Crippen molar-refractivity contribution in [2.24, 2.45) is 0 Å². The third kappa shape index (κ3) is 6.84. The lowest BCUT2D eigenvalue weighted by molar-refractivity contribution is 0.0734. The van der Waals surface area contributed by atoms with E-state index in [-0.39, 0.29) is 0 Å². The van der Waals surface area contributed by atoms with Gasteiger partial charge in [-0.15, -0.1) is 0 Å². The highest BCUT2D eigenvalue weighted by Gasteiger charge is 2.23. The van der Waals surface area contributed by atoms with E-state index in [0.29, 0.717) is 27.3 Å². The van der Waals surface area contributed by atoms with Gasteiger partial charge in [0.2, 0.25) is 0 Å². The van der Waals surface area contributed by atoms with Crippen molar-refractivity contribution in [1.29, 1.82) is 0 Å². The van der Waals surface area contributed by atoms with Crippen molar-refractivity contribution in [1.82, 2.24) is 0 Å². The molecule has 0 bridgehead atoms. The lowest BCUT2D eigenvalue weighted by Crippen LogP contribution is -2.20. The molecule has 3 nitrogen and oxygen atoms in total. The van der Waals surface area contributed by atoms with E-state index in [1.165, 1.54) is 61.9 Å². The Morgan fingerprint density at radius 1 is 1.00 bits per heavy atom. The highest BCUT2D eigenvalue weighted by atomic mass is 35.5. The van der Waals surface area contributed by atoms with Gasteiger partial charge in [-0.3, -0.25) is 0 Å². The van der Waals surface area contributed by atoms with Crippen LogP contribution in [0.3, 0.4) is 0 Å². The van der Waals surface area contributed by atoms with Crippen LogP contribution in [0.25, 0.3) is 0 Å². The van der Waals surface area contributed by atoms with E-state index >= 15 is 0 Å². The van der Waals surface area contributed by atoms with Gasteiger partial charge in [0.1, 0.15) is 5.75 Å². The number of ether oxygens (including phenoxy) is 2. The second-order valence-electron chi connectivity index (χ2n) is 8.15. The van der Waals surface area contributed by atoms with E-state index in [9.17, 15) is 4.79 Å². The van der Waals surface area contributed by atoms with Crippen molar-refractivity contribution in [3.63, 3.8) is 0 Å². The molecule has 1 aliphatic rings. The molecule has 1 saturated heterocycles. The monoisotopic (exact) mass is 464 g/mol. The molecule has 0 saturated carbocycles. The summed E-state index contributed by atoms with van der Waals surface area (Å²) < 4.78 is 10.6. The Balaban J connectivity index is 1.45. The number of esters is 1. The van der Waals surface area contributed by atoms with Gasteiger partial charge < -0.3 is 9.47 Å². The van der Waals surface area contributed by atoms with Crippen LogP contribution < -0.4 is 4.74 Å². The minimum Gasteiger partial charge on any atom is -0.423 e. The average molecular weight is 465 g/mol.